The van der Waals surface area contributed by atoms with Gasteiger partial charge < -0.3 is 15.2 Å². The molecule has 3 rings (SSSR count). The number of hydrogen-bond donors (Lipinski definition) is 3. The minimum absolute atomic E-state index is 0.228. The normalized spacial score (nSPS) is 11.2. The van der Waals surface area contributed by atoms with Gasteiger partial charge in [-0.1, -0.05) is 0 Å². The van der Waals surface area contributed by atoms with Gasteiger partial charge in [0, 0.05) is 21.8 Å². The van der Waals surface area contributed by atoms with E-state index in [0.717, 1.165) is 21.8 Å². The summed E-state index contributed by atoms with van der Waals surface area (Å²) in [5, 5.41) is 20.6. The molecule has 0 saturated heterocycles. The van der Waals surface area contributed by atoms with Crippen LogP contribution in [0.5, 0.6) is 11.5 Å². The van der Waals surface area contributed by atoms with Crippen molar-refractivity contribution in [2.24, 2.45) is 0 Å². The first-order valence-electron chi connectivity index (χ1n) is 4.67. The van der Waals surface area contributed by atoms with Crippen LogP contribution in [-0.4, -0.2) is 15.2 Å². The zero-order chi connectivity index (χ0) is 10.4. The van der Waals surface area contributed by atoms with Crippen molar-refractivity contribution in [3.63, 3.8) is 0 Å². The number of phenolic OH excluding ortho intramolecular Hbond substituents is 2. The van der Waals surface area contributed by atoms with Crippen LogP contribution >= 0.6 is 0 Å². The molecule has 0 radical (unpaired) electrons. The molecule has 2 aromatic carbocycles. The van der Waals surface area contributed by atoms with E-state index >= 15 is 0 Å². The Morgan fingerprint density at radius 2 is 1.20 bits per heavy atom. The summed E-state index contributed by atoms with van der Waals surface area (Å²) >= 11 is 0. The monoisotopic (exact) mass is 199 g/mol. The topological polar surface area (TPSA) is 56.2 Å². The average molecular weight is 199 g/mol. The Kier molecular flexibility index (Phi) is 1.45. The van der Waals surface area contributed by atoms with E-state index in [-0.39, 0.29) is 11.5 Å². The lowest BCUT2D eigenvalue weighted by Crippen LogP contribution is -1.67. The lowest BCUT2D eigenvalue weighted by Gasteiger charge is -1.93. The first-order valence-corrected chi connectivity index (χ1v) is 4.67. The number of aromatic nitrogens is 1. The van der Waals surface area contributed by atoms with Crippen molar-refractivity contribution in [2.45, 2.75) is 0 Å². The number of H-pyrrole nitrogens is 1. The van der Waals surface area contributed by atoms with Crippen molar-refractivity contribution in [3.8, 4) is 11.5 Å². The Hall–Kier alpha value is -2.16. The molecule has 0 amide bonds. The van der Waals surface area contributed by atoms with E-state index in [0.29, 0.717) is 0 Å². The molecule has 0 fully saturated rings. The minimum Gasteiger partial charge on any atom is -0.508 e. The maximum absolute atomic E-state index is 9.40. The number of benzene rings is 2. The number of aromatic hydroxyl groups is 2. The lowest BCUT2D eigenvalue weighted by molar-refractivity contribution is 0.475. The van der Waals surface area contributed by atoms with Gasteiger partial charge in [0.15, 0.2) is 0 Å². The quantitative estimate of drug-likeness (QED) is 0.521. The summed E-state index contributed by atoms with van der Waals surface area (Å²) in [6, 6.07) is 10.3. The molecule has 0 atom stereocenters. The summed E-state index contributed by atoms with van der Waals surface area (Å²) in [5.41, 5.74) is 1.90. The van der Waals surface area contributed by atoms with Crippen molar-refractivity contribution in [2.75, 3.05) is 0 Å². The predicted octanol–water partition coefficient (Wildman–Crippen LogP) is 2.73. The van der Waals surface area contributed by atoms with Gasteiger partial charge in [-0.25, -0.2) is 0 Å². The van der Waals surface area contributed by atoms with E-state index in [1.807, 2.05) is 12.1 Å². The molecule has 1 heterocycles. The number of rotatable bonds is 0. The molecule has 15 heavy (non-hydrogen) atoms. The third-order valence-electron chi connectivity index (χ3n) is 2.57. The van der Waals surface area contributed by atoms with E-state index in [4.69, 9.17) is 0 Å². The summed E-state index contributed by atoms with van der Waals surface area (Å²) in [6.07, 6.45) is 0. The van der Waals surface area contributed by atoms with Crippen LogP contribution in [0.2, 0.25) is 0 Å². The molecule has 3 nitrogen and oxygen atoms in total. The van der Waals surface area contributed by atoms with Crippen molar-refractivity contribution in [3.05, 3.63) is 36.4 Å². The first kappa shape index (κ1) is 8.17. The maximum Gasteiger partial charge on any atom is 0.116 e. The summed E-state index contributed by atoms with van der Waals surface area (Å²) in [5.74, 6) is 0.457. The smallest absolute Gasteiger partial charge is 0.116 e. The fourth-order valence-corrected chi connectivity index (χ4v) is 1.87. The molecular formula is C12H9NO2. The SMILES string of the molecule is Oc1ccc2[nH]c3ccc(O)cc3c2c1. The van der Waals surface area contributed by atoms with Crippen molar-refractivity contribution in [1.29, 1.82) is 0 Å². The van der Waals surface area contributed by atoms with Gasteiger partial charge >= 0.3 is 0 Å². The molecule has 0 aliphatic heterocycles. The van der Waals surface area contributed by atoms with E-state index in [1.165, 1.54) is 0 Å². The Morgan fingerprint density at radius 1 is 0.733 bits per heavy atom. The van der Waals surface area contributed by atoms with Crippen LogP contribution in [0.1, 0.15) is 0 Å². The van der Waals surface area contributed by atoms with Crippen LogP contribution in [0.3, 0.4) is 0 Å². The maximum atomic E-state index is 9.40. The van der Waals surface area contributed by atoms with Crippen molar-refractivity contribution >= 4 is 21.8 Å². The van der Waals surface area contributed by atoms with Gasteiger partial charge in [-0.3, -0.25) is 0 Å². The number of fused-ring (bicyclic) bond motifs is 3. The summed E-state index contributed by atoms with van der Waals surface area (Å²) in [4.78, 5) is 3.21. The predicted molar refractivity (Wildman–Crippen MR) is 59.1 cm³/mol. The molecule has 0 unspecified atom stereocenters. The minimum atomic E-state index is 0.228. The van der Waals surface area contributed by atoms with E-state index in [2.05, 4.69) is 4.98 Å². The Bertz CT molecular complexity index is 599. The standard InChI is InChI=1S/C12H9NO2/c14-7-1-3-11-9(5-7)10-6-8(15)2-4-12(10)13-11/h1-6,13-15H. The largest absolute Gasteiger partial charge is 0.508 e. The van der Waals surface area contributed by atoms with Gasteiger partial charge in [-0.15, -0.1) is 0 Å². The first-order chi connectivity index (χ1) is 7.24. The number of nitrogens with one attached hydrogen (secondary N) is 1. The number of hydrogen-bond acceptors (Lipinski definition) is 2. The van der Waals surface area contributed by atoms with Crippen LogP contribution < -0.4 is 0 Å². The molecule has 0 bridgehead atoms. The molecule has 0 spiro atoms. The highest BCUT2D eigenvalue weighted by Gasteiger charge is 2.05. The fourth-order valence-electron chi connectivity index (χ4n) is 1.87. The highest BCUT2D eigenvalue weighted by atomic mass is 16.3. The van der Waals surface area contributed by atoms with Crippen LogP contribution in [-0.2, 0) is 0 Å². The van der Waals surface area contributed by atoms with E-state index < -0.39 is 0 Å². The third kappa shape index (κ3) is 1.13. The molecule has 3 N–H and O–H groups in total. The second kappa shape index (κ2) is 2.67. The van der Waals surface area contributed by atoms with E-state index in [1.54, 1.807) is 24.3 Å². The van der Waals surface area contributed by atoms with Gasteiger partial charge in [0.05, 0.1) is 0 Å². The van der Waals surface area contributed by atoms with Gasteiger partial charge in [0.25, 0.3) is 0 Å². The summed E-state index contributed by atoms with van der Waals surface area (Å²) in [6.45, 7) is 0. The van der Waals surface area contributed by atoms with Crippen molar-refractivity contribution in [1.82, 2.24) is 4.98 Å². The zero-order valence-electron chi connectivity index (χ0n) is 7.86. The average Bonchev–Trinajstić information content (AvgIpc) is 2.56. The third-order valence-corrected chi connectivity index (χ3v) is 2.57. The van der Waals surface area contributed by atoms with Gasteiger partial charge in [0.1, 0.15) is 11.5 Å². The molecule has 3 heteroatoms. The highest BCUT2D eigenvalue weighted by molar-refractivity contribution is 6.08. The summed E-state index contributed by atoms with van der Waals surface area (Å²) in [7, 11) is 0. The number of phenols is 2. The Balaban J connectivity index is 2.55. The zero-order valence-corrected chi connectivity index (χ0v) is 7.86. The van der Waals surface area contributed by atoms with Gasteiger partial charge in [0.2, 0.25) is 0 Å². The molecule has 0 aliphatic carbocycles. The molecule has 0 aliphatic rings. The molecule has 1 aromatic heterocycles. The second-order valence-corrected chi connectivity index (χ2v) is 3.58. The fraction of sp³-hybridized carbons (Fsp3) is 0. The van der Waals surface area contributed by atoms with Crippen molar-refractivity contribution < 1.29 is 10.2 Å². The number of aromatic amines is 1. The van der Waals surface area contributed by atoms with Crippen LogP contribution in [0.25, 0.3) is 21.8 Å². The van der Waals surface area contributed by atoms with E-state index in [9.17, 15) is 10.2 Å². The lowest BCUT2D eigenvalue weighted by atomic mass is 10.1. The molecule has 74 valence electrons. The van der Waals surface area contributed by atoms with Crippen LogP contribution in [0, 0.1) is 0 Å². The highest BCUT2D eigenvalue weighted by Crippen LogP contribution is 2.30. The Labute approximate surface area is 85.6 Å². The molecular weight excluding hydrogens is 190 g/mol. The Morgan fingerprint density at radius 3 is 1.67 bits per heavy atom. The van der Waals surface area contributed by atoms with Gasteiger partial charge in [-0.2, -0.15) is 0 Å². The molecule has 3 aromatic rings. The molecule has 0 saturated carbocycles. The van der Waals surface area contributed by atoms with Crippen LogP contribution in [0.4, 0.5) is 0 Å². The summed E-state index contributed by atoms with van der Waals surface area (Å²) < 4.78 is 0. The van der Waals surface area contributed by atoms with Crippen LogP contribution in [0.15, 0.2) is 36.4 Å². The second-order valence-electron chi connectivity index (χ2n) is 3.58. The van der Waals surface area contributed by atoms with Gasteiger partial charge in [-0.05, 0) is 36.4 Å².